The largest absolute Gasteiger partial charge is 0.352 e. The number of hydrogen-bond acceptors (Lipinski definition) is 4. The van der Waals surface area contributed by atoms with Crippen molar-refractivity contribution in [2.75, 3.05) is 5.32 Å². The van der Waals surface area contributed by atoms with Crippen LogP contribution in [0.25, 0.3) is 0 Å². The molecule has 0 unspecified atom stereocenters. The van der Waals surface area contributed by atoms with Crippen molar-refractivity contribution in [1.82, 2.24) is 15.3 Å². The molecule has 110 valence electrons. The van der Waals surface area contributed by atoms with E-state index >= 15 is 0 Å². The van der Waals surface area contributed by atoms with Crippen LogP contribution in [0.2, 0.25) is 0 Å². The highest BCUT2D eigenvalue weighted by molar-refractivity contribution is 5.93. The number of rotatable bonds is 5. The number of nitrogens with one attached hydrogen (secondary N) is 2. The molecule has 1 aromatic carbocycles. The van der Waals surface area contributed by atoms with Gasteiger partial charge >= 0.3 is 0 Å². The smallest absolute Gasteiger partial charge is 0.254 e. The molecule has 0 aliphatic heterocycles. The Kier molecular flexibility index (Phi) is 4.87. The molecule has 0 saturated heterocycles. The first-order valence-corrected chi connectivity index (χ1v) is 6.97. The molecule has 0 fully saturated rings. The maximum Gasteiger partial charge on any atom is 0.254 e. The molecule has 2 rings (SSSR count). The molecule has 1 aromatic heterocycles. The number of hydrogen-bond donors (Lipinski definition) is 2. The van der Waals surface area contributed by atoms with Gasteiger partial charge in [0.25, 0.3) is 5.91 Å². The number of anilines is 1. The van der Waals surface area contributed by atoms with E-state index in [0.717, 1.165) is 5.56 Å². The molecule has 0 radical (unpaired) electrons. The summed E-state index contributed by atoms with van der Waals surface area (Å²) in [6.07, 6.45) is 3.06. The third kappa shape index (κ3) is 4.56. The fraction of sp³-hybridized carbons (Fsp3) is 0.312. The summed E-state index contributed by atoms with van der Waals surface area (Å²) in [4.78, 5) is 20.3. The van der Waals surface area contributed by atoms with Crippen LogP contribution in [0.4, 0.5) is 5.95 Å². The van der Waals surface area contributed by atoms with E-state index in [-0.39, 0.29) is 11.9 Å². The second-order valence-electron chi connectivity index (χ2n) is 5.26. The number of aromatic nitrogens is 2. The van der Waals surface area contributed by atoms with Crippen molar-refractivity contribution >= 4 is 11.9 Å². The van der Waals surface area contributed by atoms with E-state index in [1.807, 2.05) is 45.0 Å². The second kappa shape index (κ2) is 6.83. The van der Waals surface area contributed by atoms with Crippen LogP contribution in [0, 0.1) is 6.92 Å². The van der Waals surface area contributed by atoms with Crippen LogP contribution in [0.15, 0.2) is 36.7 Å². The monoisotopic (exact) mass is 284 g/mol. The Labute approximate surface area is 124 Å². The van der Waals surface area contributed by atoms with E-state index in [1.165, 1.54) is 18.0 Å². The number of nitrogens with zero attached hydrogens (tertiary/aromatic N) is 2. The van der Waals surface area contributed by atoms with Gasteiger partial charge in [-0.2, -0.15) is 0 Å². The van der Waals surface area contributed by atoms with Crippen molar-refractivity contribution in [3.8, 4) is 0 Å². The molecule has 2 N–H and O–H groups in total. The highest BCUT2D eigenvalue weighted by atomic mass is 16.1. The lowest BCUT2D eigenvalue weighted by Gasteiger charge is -2.08. The first-order valence-electron chi connectivity index (χ1n) is 6.97. The molecule has 21 heavy (non-hydrogen) atoms. The van der Waals surface area contributed by atoms with Gasteiger partial charge in [-0.25, -0.2) is 9.97 Å². The van der Waals surface area contributed by atoms with E-state index in [0.29, 0.717) is 18.1 Å². The summed E-state index contributed by atoms with van der Waals surface area (Å²) in [7, 11) is 0. The zero-order valence-electron chi connectivity index (χ0n) is 12.6. The summed E-state index contributed by atoms with van der Waals surface area (Å²) in [6.45, 7) is 6.54. The molecule has 5 nitrogen and oxygen atoms in total. The quantitative estimate of drug-likeness (QED) is 0.885. The lowest BCUT2D eigenvalue weighted by atomic mass is 10.1. The van der Waals surface area contributed by atoms with Gasteiger partial charge in [0, 0.05) is 25.0 Å². The van der Waals surface area contributed by atoms with Crippen molar-refractivity contribution in [1.29, 1.82) is 0 Å². The maximum atomic E-state index is 12.0. The lowest BCUT2D eigenvalue weighted by molar-refractivity contribution is 0.0950. The Morgan fingerprint density at radius 2 is 1.76 bits per heavy atom. The van der Waals surface area contributed by atoms with E-state index in [4.69, 9.17) is 0 Å². The van der Waals surface area contributed by atoms with Gasteiger partial charge < -0.3 is 10.6 Å². The van der Waals surface area contributed by atoms with Crippen molar-refractivity contribution in [3.63, 3.8) is 0 Å². The number of carbonyl (C=O) groups is 1. The molecule has 0 bridgehead atoms. The Bertz CT molecular complexity index is 591. The zero-order chi connectivity index (χ0) is 15.2. The van der Waals surface area contributed by atoms with E-state index in [9.17, 15) is 4.79 Å². The van der Waals surface area contributed by atoms with Crippen LogP contribution in [-0.2, 0) is 6.54 Å². The van der Waals surface area contributed by atoms with Crippen LogP contribution in [0.5, 0.6) is 0 Å². The number of aryl methyl sites for hydroxylation is 1. The van der Waals surface area contributed by atoms with Crippen LogP contribution < -0.4 is 10.6 Å². The first-order chi connectivity index (χ1) is 10.0. The molecule has 1 heterocycles. The minimum atomic E-state index is -0.174. The van der Waals surface area contributed by atoms with E-state index in [1.54, 1.807) is 0 Å². The predicted molar refractivity (Wildman–Crippen MR) is 83.1 cm³/mol. The van der Waals surface area contributed by atoms with E-state index in [2.05, 4.69) is 20.6 Å². The average molecular weight is 284 g/mol. The number of carbonyl (C=O) groups excluding carboxylic acids is 1. The summed E-state index contributed by atoms with van der Waals surface area (Å²) < 4.78 is 0. The van der Waals surface area contributed by atoms with E-state index < -0.39 is 0 Å². The lowest BCUT2D eigenvalue weighted by Crippen LogP contribution is -2.23. The topological polar surface area (TPSA) is 66.9 Å². The summed E-state index contributed by atoms with van der Waals surface area (Å²) in [5.41, 5.74) is 2.72. The molecular formula is C16H20N4O. The van der Waals surface area contributed by atoms with Crippen LogP contribution >= 0.6 is 0 Å². The van der Waals surface area contributed by atoms with Gasteiger partial charge in [-0.3, -0.25) is 4.79 Å². The zero-order valence-corrected chi connectivity index (χ0v) is 12.6. The Hall–Kier alpha value is -2.43. The fourth-order valence-electron chi connectivity index (χ4n) is 1.77. The highest BCUT2D eigenvalue weighted by Gasteiger charge is 2.07. The minimum absolute atomic E-state index is 0.174. The second-order valence-corrected chi connectivity index (χ2v) is 5.26. The van der Waals surface area contributed by atoms with Gasteiger partial charge in [0.2, 0.25) is 5.95 Å². The van der Waals surface area contributed by atoms with Gasteiger partial charge in [-0.05, 0) is 26.3 Å². The summed E-state index contributed by atoms with van der Waals surface area (Å²) in [5, 5.41) is 5.94. The standard InChI is InChI=1S/C16H20N4O/c1-11(2)20-16-18-9-14(10-19-16)15(21)17-8-13-6-4-12(3)5-7-13/h4-7,9-11H,8H2,1-3H3,(H,17,21)(H,18,19,20). The van der Waals surface area contributed by atoms with Crippen molar-refractivity contribution in [2.45, 2.75) is 33.4 Å². The van der Waals surface area contributed by atoms with Gasteiger partial charge in [0.1, 0.15) is 0 Å². The SMILES string of the molecule is Cc1ccc(CNC(=O)c2cnc(NC(C)C)nc2)cc1. The molecule has 5 heteroatoms. The molecule has 0 saturated carbocycles. The summed E-state index contributed by atoms with van der Waals surface area (Å²) in [5.74, 6) is 0.353. The van der Waals surface area contributed by atoms with Crippen LogP contribution in [0.1, 0.15) is 35.3 Å². The summed E-state index contributed by atoms with van der Waals surface area (Å²) >= 11 is 0. The maximum absolute atomic E-state index is 12.0. The van der Waals surface area contributed by atoms with Gasteiger partial charge in [0.15, 0.2) is 0 Å². The normalized spacial score (nSPS) is 10.5. The summed E-state index contributed by atoms with van der Waals surface area (Å²) in [6, 6.07) is 8.31. The molecule has 1 amide bonds. The van der Waals surface area contributed by atoms with Crippen LogP contribution in [-0.4, -0.2) is 21.9 Å². The number of amides is 1. The third-order valence-corrected chi connectivity index (χ3v) is 2.91. The molecule has 2 aromatic rings. The molecule has 0 spiro atoms. The van der Waals surface area contributed by atoms with Gasteiger partial charge in [-0.1, -0.05) is 29.8 Å². The van der Waals surface area contributed by atoms with Gasteiger partial charge in [0.05, 0.1) is 5.56 Å². The minimum Gasteiger partial charge on any atom is -0.352 e. The van der Waals surface area contributed by atoms with Gasteiger partial charge in [-0.15, -0.1) is 0 Å². The highest BCUT2D eigenvalue weighted by Crippen LogP contribution is 2.05. The molecular weight excluding hydrogens is 264 g/mol. The Morgan fingerprint density at radius 3 is 2.33 bits per heavy atom. The molecule has 0 aliphatic carbocycles. The first kappa shape index (κ1) is 15.0. The van der Waals surface area contributed by atoms with Crippen molar-refractivity contribution in [3.05, 3.63) is 53.3 Å². The van der Waals surface area contributed by atoms with Crippen molar-refractivity contribution < 1.29 is 4.79 Å². The Balaban J connectivity index is 1.92. The van der Waals surface area contributed by atoms with Crippen molar-refractivity contribution in [2.24, 2.45) is 0 Å². The molecule has 0 aliphatic rings. The third-order valence-electron chi connectivity index (χ3n) is 2.91. The fourth-order valence-corrected chi connectivity index (χ4v) is 1.77. The Morgan fingerprint density at radius 1 is 1.14 bits per heavy atom. The molecule has 0 atom stereocenters. The number of benzene rings is 1. The predicted octanol–water partition coefficient (Wildman–Crippen LogP) is 2.54. The average Bonchev–Trinajstić information content (AvgIpc) is 2.46. The van der Waals surface area contributed by atoms with Crippen LogP contribution in [0.3, 0.4) is 0 Å².